The predicted octanol–water partition coefficient (Wildman–Crippen LogP) is 3.01. The van der Waals surface area contributed by atoms with E-state index in [1.54, 1.807) is 18.2 Å². The van der Waals surface area contributed by atoms with E-state index in [0.29, 0.717) is 11.4 Å². The second-order valence-electron chi connectivity index (χ2n) is 5.74. The Morgan fingerprint density at radius 1 is 1.12 bits per heavy atom. The lowest BCUT2D eigenvalue weighted by atomic mass is 10.2. The van der Waals surface area contributed by atoms with Crippen LogP contribution >= 0.6 is 0 Å². The van der Waals surface area contributed by atoms with Gasteiger partial charge in [0.1, 0.15) is 5.75 Å². The van der Waals surface area contributed by atoms with Gasteiger partial charge in [0, 0.05) is 17.9 Å². The van der Waals surface area contributed by atoms with Crippen molar-refractivity contribution < 1.29 is 19.1 Å². The third-order valence-corrected chi connectivity index (χ3v) is 3.89. The highest BCUT2D eigenvalue weighted by atomic mass is 16.6. The van der Waals surface area contributed by atoms with Crippen LogP contribution in [0.1, 0.15) is 12.5 Å². The molecular weight excluding hydrogens is 332 g/mol. The van der Waals surface area contributed by atoms with E-state index in [9.17, 15) is 9.59 Å². The highest BCUT2D eigenvalue weighted by Gasteiger charge is 2.11. The lowest BCUT2D eigenvalue weighted by molar-refractivity contribution is -0.142. The van der Waals surface area contributed by atoms with Gasteiger partial charge in [0.15, 0.2) is 6.61 Å². The molecule has 6 heteroatoms. The molecule has 0 aliphatic carbocycles. The average molecular weight is 356 g/mol. The SMILES string of the molecule is CCN(CC(=O)Nc1ccc(OCC(=O)OC)cc1C)c1ccccc1. The summed E-state index contributed by atoms with van der Waals surface area (Å²) in [6.07, 6.45) is 0. The van der Waals surface area contributed by atoms with Crippen LogP contribution in [0, 0.1) is 6.92 Å². The van der Waals surface area contributed by atoms with Gasteiger partial charge < -0.3 is 19.7 Å². The first kappa shape index (κ1) is 19.3. The van der Waals surface area contributed by atoms with Gasteiger partial charge in [-0.15, -0.1) is 0 Å². The Morgan fingerprint density at radius 2 is 1.85 bits per heavy atom. The van der Waals surface area contributed by atoms with Gasteiger partial charge in [-0.3, -0.25) is 4.79 Å². The number of aryl methyl sites for hydroxylation is 1. The number of esters is 1. The lowest BCUT2D eigenvalue weighted by Crippen LogP contribution is -2.33. The molecule has 1 amide bonds. The number of benzene rings is 2. The quantitative estimate of drug-likeness (QED) is 0.737. The number of carbonyl (C=O) groups excluding carboxylic acids is 2. The third-order valence-electron chi connectivity index (χ3n) is 3.89. The number of methoxy groups -OCH3 is 1. The Balaban J connectivity index is 1.97. The van der Waals surface area contributed by atoms with Crippen LogP contribution in [-0.2, 0) is 14.3 Å². The zero-order chi connectivity index (χ0) is 18.9. The number of hydrogen-bond donors (Lipinski definition) is 1. The zero-order valence-corrected chi connectivity index (χ0v) is 15.3. The molecule has 0 aliphatic heterocycles. The largest absolute Gasteiger partial charge is 0.482 e. The fraction of sp³-hybridized carbons (Fsp3) is 0.300. The van der Waals surface area contributed by atoms with Gasteiger partial charge in [-0.2, -0.15) is 0 Å². The first-order chi connectivity index (χ1) is 12.5. The number of anilines is 2. The van der Waals surface area contributed by atoms with E-state index in [0.717, 1.165) is 17.8 Å². The maximum absolute atomic E-state index is 12.4. The second-order valence-corrected chi connectivity index (χ2v) is 5.74. The van der Waals surface area contributed by atoms with Crippen LogP contribution in [0.5, 0.6) is 5.75 Å². The zero-order valence-electron chi connectivity index (χ0n) is 15.3. The molecule has 0 aromatic heterocycles. The summed E-state index contributed by atoms with van der Waals surface area (Å²) in [4.78, 5) is 25.5. The minimum absolute atomic E-state index is 0.0953. The average Bonchev–Trinajstić information content (AvgIpc) is 2.66. The highest BCUT2D eigenvalue weighted by molar-refractivity contribution is 5.94. The molecule has 0 saturated carbocycles. The van der Waals surface area contributed by atoms with Crippen molar-refractivity contribution in [3.8, 4) is 5.75 Å². The second kappa shape index (κ2) is 9.46. The number of nitrogens with zero attached hydrogens (tertiary/aromatic N) is 1. The van der Waals surface area contributed by atoms with Crippen LogP contribution in [0.15, 0.2) is 48.5 Å². The molecule has 0 aliphatic rings. The smallest absolute Gasteiger partial charge is 0.343 e. The normalized spacial score (nSPS) is 10.1. The molecule has 0 radical (unpaired) electrons. The Hall–Kier alpha value is -3.02. The Morgan fingerprint density at radius 3 is 2.46 bits per heavy atom. The monoisotopic (exact) mass is 356 g/mol. The topological polar surface area (TPSA) is 67.9 Å². The number of rotatable bonds is 8. The van der Waals surface area contributed by atoms with Crippen LogP contribution in [0.4, 0.5) is 11.4 Å². The molecule has 2 aromatic carbocycles. The first-order valence-corrected chi connectivity index (χ1v) is 8.43. The summed E-state index contributed by atoms with van der Waals surface area (Å²) < 4.78 is 9.88. The van der Waals surface area contributed by atoms with E-state index in [4.69, 9.17) is 4.74 Å². The molecule has 0 spiro atoms. The van der Waals surface area contributed by atoms with E-state index >= 15 is 0 Å². The summed E-state index contributed by atoms with van der Waals surface area (Å²) in [5, 5.41) is 2.92. The molecule has 0 saturated heterocycles. The Labute approximate surface area is 153 Å². The number of carbonyl (C=O) groups is 2. The lowest BCUT2D eigenvalue weighted by Gasteiger charge is -2.22. The summed E-state index contributed by atoms with van der Waals surface area (Å²) in [6, 6.07) is 15.1. The van der Waals surface area contributed by atoms with Crippen LogP contribution < -0.4 is 15.0 Å². The van der Waals surface area contributed by atoms with Gasteiger partial charge >= 0.3 is 5.97 Å². The van der Waals surface area contributed by atoms with Crippen LogP contribution in [-0.4, -0.2) is 38.7 Å². The van der Waals surface area contributed by atoms with Crippen molar-refractivity contribution in [2.24, 2.45) is 0 Å². The van der Waals surface area contributed by atoms with E-state index < -0.39 is 5.97 Å². The number of nitrogens with one attached hydrogen (secondary N) is 1. The molecule has 0 heterocycles. The molecule has 1 N–H and O–H groups in total. The molecular formula is C20H24N2O4. The first-order valence-electron chi connectivity index (χ1n) is 8.43. The summed E-state index contributed by atoms with van der Waals surface area (Å²) in [5.41, 5.74) is 2.57. The van der Waals surface area contributed by atoms with Crippen molar-refractivity contribution in [1.29, 1.82) is 0 Å². The van der Waals surface area contributed by atoms with Crippen LogP contribution in [0.3, 0.4) is 0 Å². The number of para-hydroxylation sites is 1. The van der Waals surface area contributed by atoms with Crippen molar-refractivity contribution in [1.82, 2.24) is 0 Å². The van der Waals surface area contributed by atoms with Gasteiger partial charge in [0.05, 0.1) is 13.7 Å². The molecule has 0 unspecified atom stereocenters. The number of hydrogen-bond acceptors (Lipinski definition) is 5. The van der Waals surface area contributed by atoms with Gasteiger partial charge in [0.2, 0.25) is 5.91 Å². The molecule has 0 fully saturated rings. The van der Waals surface area contributed by atoms with Gasteiger partial charge in [-0.05, 0) is 49.7 Å². The maximum Gasteiger partial charge on any atom is 0.343 e. The summed E-state index contributed by atoms with van der Waals surface area (Å²) >= 11 is 0. The minimum atomic E-state index is -0.444. The Kier molecular flexibility index (Phi) is 7.02. The van der Waals surface area contributed by atoms with E-state index in [1.807, 2.05) is 49.1 Å². The third kappa shape index (κ3) is 5.51. The number of ether oxygens (including phenoxy) is 2. The van der Waals surface area contributed by atoms with E-state index in [-0.39, 0.29) is 19.1 Å². The molecule has 2 aromatic rings. The number of amides is 1. The van der Waals surface area contributed by atoms with Gasteiger partial charge in [0.25, 0.3) is 0 Å². The molecule has 138 valence electrons. The fourth-order valence-electron chi connectivity index (χ4n) is 2.45. The van der Waals surface area contributed by atoms with Gasteiger partial charge in [-0.1, -0.05) is 18.2 Å². The fourth-order valence-corrected chi connectivity index (χ4v) is 2.45. The molecule has 0 bridgehead atoms. The van der Waals surface area contributed by atoms with Gasteiger partial charge in [-0.25, -0.2) is 4.79 Å². The van der Waals surface area contributed by atoms with Crippen molar-refractivity contribution in [3.05, 3.63) is 54.1 Å². The maximum atomic E-state index is 12.4. The van der Waals surface area contributed by atoms with Crippen molar-refractivity contribution in [2.75, 3.05) is 37.0 Å². The summed E-state index contributed by atoms with van der Waals surface area (Å²) in [6.45, 7) is 4.73. The standard InChI is InChI=1S/C20H24N2O4/c1-4-22(16-8-6-5-7-9-16)13-19(23)21-18-11-10-17(12-15(18)2)26-14-20(24)25-3/h5-12H,4,13-14H2,1-3H3,(H,21,23). The van der Waals surface area contributed by atoms with Crippen molar-refractivity contribution in [2.45, 2.75) is 13.8 Å². The number of likely N-dealkylation sites (N-methyl/N-ethyl adjacent to an activating group) is 1. The van der Waals surface area contributed by atoms with Crippen molar-refractivity contribution in [3.63, 3.8) is 0 Å². The van der Waals surface area contributed by atoms with Crippen LogP contribution in [0.25, 0.3) is 0 Å². The molecule has 26 heavy (non-hydrogen) atoms. The summed E-state index contributed by atoms with van der Waals surface area (Å²) in [5.74, 6) is 0.00741. The van der Waals surface area contributed by atoms with E-state index in [1.165, 1.54) is 7.11 Å². The summed E-state index contributed by atoms with van der Waals surface area (Å²) in [7, 11) is 1.31. The van der Waals surface area contributed by atoms with Crippen LogP contribution in [0.2, 0.25) is 0 Å². The minimum Gasteiger partial charge on any atom is -0.482 e. The molecule has 6 nitrogen and oxygen atoms in total. The molecule has 2 rings (SSSR count). The Bertz CT molecular complexity index is 747. The predicted molar refractivity (Wildman–Crippen MR) is 102 cm³/mol. The molecule has 0 atom stereocenters. The van der Waals surface area contributed by atoms with E-state index in [2.05, 4.69) is 10.1 Å². The van der Waals surface area contributed by atoms with Crippen molar-refractivity contribution >= 4 is 23.3 Å². The highest BCUT2D eigenvalue weighted by Crippen LogP contribution is 2.22.